The molecule has 2 N–H and O–H groups in total. The molecule has 6 rings (SSSR count). The van der Waals surface area contributed by atoms with Crippen LogP contribution in [0.25, 0.3) is 11.4 Å². The summed E-state index contributed by atoms with van der Waals surface area (Å²) in [6.45, 7) is 9.03. The molecule has 10 heteroatoms. The second-order valence-electron chi connectivity index (χ2n) is 15.2. The number of piperidine rings is 1. The maximum Gasteiger partial charge on any atom is 0.310 e. The number of nitrogens with zero attached hydrogens (tertiary/aromatic N) is 4. The Morgan fingerprint density at radius 3 is 2.18 bits per heavy atom. The lowest BCUT2D eigenvalue weighted by Crippen LogP contribution is -2.59. The molecule has 2 saturated heterocycles. The molecule has 2 amide bonds. The zero-order valence-corrected chi connectivity index (χ0v) is 30.7. The number of thiophene rings is 1. The average Bonchev–Trinajstić information content (AvgIpc) is 3.56. The number of likely N-dealkylation sites (tertiary alicyclic amines) is 1. The van der Waals surface area contributed by atoms with Crippen molar-refractivity contribution < 1.29 is 19.5 Å². The highest BCUT2D eigenvalue weighted by atomic mass is 32.1. The van der Waals surface area contributed by atoms with Gasteiger partial charge in [0.1, 0.15) is 6.04 Å². The fourth-order valence-electron chi connectivity index (χ4n) is 8.12. The molecule has 3 aromatic rings. The fraction of sp³-hybridized carbons (Fsp3) is 0.575. The number of hydrogen-bond acceptors (Lipinski definition) is 7. The van der Waals surface area contributed by atoms with Gasteiger partial charge < -0.3 is 20.2 Å². The van der Waals surface area contributed by atoms with Crippen LogP contribution in [0.2, 0.25) is 0 Å². The van der Waals surface area contributed by atoms with Gasteiger partial charge in [0, 0.05) is 43.0 Å². The van der Waals surface area contributed by atoms with Crippen LogP contribution in [0.4, 0.5) is 5.69 Å². The van der Waals surface area contributed by atoms with Crippen LogP contribution in [-0.4, -0.2) is 70.0 Å². The van der Waals surface area contributed by atoms with Gasteiger partial charge >= 0.3 is 5.97 Å². The van der Waals surface area contributed by atoms with Crippen LogP contribution < -0.4 is 10.2 Å². The molecule has 9 nitrogen and oxygen atoms in total. The van der Waals surface area contributed by atoms with Gasteiger partial charge in [0.2, 0.25) is 5.91 Å². The lowest BCUT2D eigenvalue weighted by molar-refractivity contribution is -0.153. The Balaban J connectivity index is 1.05. The Hall–Kier alpha value is -3.79. The Morgan fingerprint density at radius 2 is 1.56 bits per heavy atom. The van der Waals surface area contributed by atoms with Crippen LogP contribution in [0.1, 0.15) is 92.3 Å². The van der Waals surface area contributed by atoms with Crippen molar-refractivity contribution in [3.8, 4) is 11.4 Å². The van der Waals surface area contributed by atoms with Gasteiger partial charge in [0.25, 0.3) is 5.91 Å². The number of anilines is 1. The minimum Gasteiger partial charge on any atom is -0.481 e. The monoisotopic (exact) mass is 699 g/mol. The summed E-state index contributed by atoms with van der Waals surface area (Å²) in [5.74, 6) is 1.81. The van der Waals surface area contributed by atoms with E-state index in [4.69, 9.17) is 9.97 Å². The summed E-state index contributed by atoms with van der Waals surface area (Å²) in [6, 6.07) is 10.8. The summed E-state index contributed by atoms with van der Waals surface area (Å²) < 4.78 is 0. The molecule has 268 valence electrons. The molecule has 50 heavy (non-hydrogen) atoms. The third kappa shape index (κ3) is 8.92. The lowest BCUT2D eigenvalue weighted by Gasteiger charge is -2.39. The molecule has 0 unspecified atom stereocenters. The predicted octanol–water partition coefficient (Wildman–Crippen LogP) is 7.11. The minimum absolute atomic E-state index is 0.155. The van der Waals surface area contributed by atoms with Crippen molar-refractivity contribution in [2.75, 3.05) is 31.1 Å². The Bertz CT molecular complexity index is 1580. The van der Waals surface area contributed by atoms with E-state index in [0.29, 0.717) is 23.0 Å². The number of aromatic nitrogens is 2. The number of rotatable bonds is 13. The van der Waals surface area contributed by atoms with Crippen molar-refractivity contribution in [3.05, 3.63) is 64.1 Å². The van der Waals surface area contributed by atoms with E-state index in [0.717, 1.165) is 59.0 Å². The van der Waals surface area contributed by atoms with E-state index < -0.39 is 17.9 Å². The van der Waals surface area contributed by atoms with Gasteiger partial charge in [-0.05, 0) is 73.5 Å². The minimum atomic E-state index is -0.906. The van der Waals surface area contributed by atoms with E-state index in [1.165, 1.54) is 67.6 Å². The smallest absolute Gasteiger partial charge is 0.310 e. The van der Waals surface area contributed by atoms with E-state index in [9.17, 15) is 19.5 Å². The molecular formula is C40H53N5O4S. The van der Waals surface area contributed by atoms with Crippen LogP contribution >= 0.6 is 11.3 Å². The van der Waals surface area contributed by atoms with Crippen LogP contribution in [0.15, 0.2) is 48.8 Å². The molecule has 1 saturated carbocycles. The molecule has 2 aromatic heterocycles. The Labute approximate surface area is 300 Å². The van der Waals surface area contributed by atoms with Crippen molar-refractivity contribution in [3.63, 3.8) is 0 Å². The van der Waals surface area contributed by atoms with Gasteiger partial charge in [-0.2, -0.15) is 0 Å². The summed E-state index contributed by atoms with van der Waals surface area (Å²) in [7, 11) is 0. The summed E-state index contributed by atoms with van der Waals surface area (Å²) in [5.41, 5.74) is 2.84. The molecule has 0 bridgehead atoms. The van der Waals surface area contributed by atoms with Crippen molar-refractivity contribution in [1.82, 2.24) is 20.2 Å². The number of amides is 2. The molecule has 1 aromatic carbocycles. The number of carbonyl (C=O) groups is 3. The maximum atomic E-state index is 13.5. The normalized spacial score (nSPS) is 20.8. The van der Waals surface area contributed by atoms with Gasteiger partial charge in [0.15, 0.2) is 5.82 Å². The van der Waals surface area contributed by atoms with Crippen molar-refractivity contribution in [1.29, 1.82) is 0 Å². The summed E-state index contributed by atoms with van der Waals surface area (Å²) in [6.07, 6.45) is 15.9. The highest BCUT2D eigenvalue weighted by Gasteiger charge is 2.39. The summed E-state index contributed by atoms with van der Waals surface area (Å²) >= 11 is 1.45. The molecule has 0 spiro atoms. The zero-order valence-electron chi connectivity index (χ0n) is 29.9. The number of aliphatic carboxylic acids is 1. The summed E-state index contributed by atoms with van der Waals surface area (Å²) in [5, 5.41) is 12.3. The molecule has 3 fully saturated rings. The summed E-state index contributed by atoms with van der Waals surface area (Å²) in [4.78, 5) is 53.2. The van der Waals surface area contributed by atoms with Crippen LogP contribution in [0.3, 0.4) is 0 Å². The number of nitrogens with one attached hydrogen (secondary N) is 1. The lowest BCUT2D eigenvalue weighted by atomic mass is 9.72. The highest BCUT2D eigenvalue weighted by Crippen LogP contribution is 2.39. The standard InChI is InChI=1S/C40H53N5O4S/c1-4-5-27-6-10-29(11-7-27)30-16-18-44(19-17-30)33-22-41-37(42-23-33)31-12-8-28(9-13-31)21-35(39(47)45-24-32(25-45)40(48)49)43-38(46)36-15-14-34(50-36)20-26(2)3/h8-9,12-15,22-23,26-27,29-30,32,35H,4-7,10-11,16-21,24-25H2,1-3H3,(H,43,46)(H,48,49)/t27?,29?,35-/m0/s1. The van der Waals surface area contributed by atoms with E-state index in [2.05, 4.69) is 31.0 Å². The topological polar surface area (TPSA) is 116 Å². The van der Waals surface area contributed by atoms with E-state index in [-0.39, 0.29) is 24.9 Å². The Kier molecular flexibility index (Phi) is 11.9. The third-order valence-electron chi connectivity index (χ3n) is 11.1. The van der Waals surface area contributed by atoms with Gasteiger partial charge in [-0.25, -0.2) is 9.97 Å². The van der Waals surface area contributed by atoms with Crippen LogP contribution in [0.5, 0.6) is 0 Å². The van der Waals surface area contributed by atoms with Crippen molar-refractivity contribution in [2.24, 2.45) is 29.6 Å². The second-order valence-corrected chi connectivity index (χ2v) is 16.4. The first-order valence-electron chi connectivity index (χ1n) is 18.7. The fourth-order valence-corrected chi connectivity index (χ4v) is 9.24. The van der Waals surface area contributed by atoms with E-state index >= 15 is 0 Å². The first-order valence-corrected chi connectivity index (χ1v) is 19.6. The van der Waals surface area contributed by atoms with Gasteiger partial charge in [-0.1, -0.05) is 70.7 Å². The molecule has 1 aliphatic carbocycles. The van der Waals surface area contributed by atoms with Crippen LogP contribution in [-0.2, 0) is 22.4 Å². The average molecular weight is 700 g/mol. The second kappa shape index (κ2) is 16.5. The molecule has 4 heterocycles. The zero-order chi connectivity index (χ0) is 35.2. The van der Waals surface area contributed by atoms with Crippen molar-refractivity contribution >= 4 is 34.8 Å². The molecule has 3 aliphatic rings. The number of benzene rings is 1. The Morgan fingerprint density at radius 1 is 0.900 bits per heavy atom. The number of carboxylic acids is 1. The number of carboxylic acid groups (broad SMARTS) is 1. The number of hydrogen-bond donors (Lipinski definition) is 2. The first-order chi connectivity index (χ1) is 24.2. The van der Waals surface area contributed by atoms with Crippen molar-refractivity contribution in [2.45, 2.75) is 91.0 Å². The largest absolute Gasteiger partial charge is 0.481 e. The molecular weight excluding hydrogens is 647 g/mol. The molecule has 2 aliphatic heterocycles. The maximum absolute atomic E-state index is 13.5. The predicted molar refractivity (Wildman–Crippen MR) is 198 cm³/mol. The van der Waals surface area contributed by atoms with E-state index in [1.807, 2.05) is 48.8 Å². The molecule has 0 radical (unpaired) electrons. The van der Waals surface area contributed by atoms with Crippen LogP contribution in [0, 0.1) is 29.6 Å². The quantitative estimate of drug-likeness (QED) is 0.195. The van der Waals surface area contributed by atoms with Gasteiger partial charge in [-0.3, -0.25) is 14.4 Å². The molecule has 1 atom stereocenters. The third-order valence-corrected chi connectivity index (χ3v) is 12.2. The van der Waals surface area contributed by atoms with Gasteiger partial charge in [-0.15, -0.1) is 11.3 Å². The van der Waals surface area contributed by atoms with Gasteiger partial charge in [0.05, 0.1) is 28.9 Å². The van der Waals surface area contributed by atoms with E-state index in [1.54, 1.807) is 0 Å². The SMILES string of the molecule is CCCC1CCC(C2CCN(c3cnc(-c4ccc(C[C@H](NC(=O)c5ccc(CC(C)C)s5)C(=O)N5CC(C(=O)O)C5)cc4)nc3)CC2)CC1. The number of carbonyl (C=O) groups excluding carboxylic acids is 2. The first kappa shape index (κ1) is 36.0. The highest BCUT2D eigenvalue weighted by molar-refractivity contribution is 7.14.